The van der Waals surface area contributed by atoms with E-state index in [0.717, 1.165) is 26.2 Å². The highest BCUT2D eigenvalue weighted by Gasteiger charge is 2.05. The lowest BCUT2D eigenvalue weighted by atomic mass is 10.1. The van der Waals surface area contributed by atoms with Gasteiger partial charge in [0.25, 0.3) is 0 Å². The molecule has 2 aromatic rings. The summed E-state index contributed by atoms with van der Waals surface area (Å²) in [7, 11) is 0. The smallest absolute Gasteiger partial charge is 0.0645 e. The van der Waals surface area contributed by atoms with Crippen LogP contribution in [-0.2, 0) is 17.7 Å². The zero-order chi connectivity index (χ0) is 12.1. The van der Waals surface area contributed by atoms with E-state index in [1.54, 1.807) is 0 Å². The lowest BCUT2D eigenvalue weighted by Crippen LogP contribution is -2.08. The van der Waals surface area contributed by atoms with Gasteiger partial charge < -0.3 is 15.0 Å². The number of benzene rings is 1. The maximum absolute atomic E-state index is 5.66. The van der Waals surface area contributed by atoms with Crippen LogP contribution >= 0.6 is 0 Å². The Morgan fingerprint density at radius 3 is 2.94 bits per heavy atom. The second-order valence-corrected chi connectivity index (χ2v) is 4.10. The largest absolute Gasteiger partial charge is 0.380 e. The number of nitrogens with zero attached hydrogens (tertiary/aromatic N) is 1. The average molecular weight is 232 g/mol. The van der Waals surface area contributed by atoms with Gasteiger partial charge in [-0.15, -0.1) is 0 Å². The minimum Gasteiger partial charge on any atom is -0.380 e. The van der Waals surface area contributed by atoms with Crippen molar-refractivity contribution in [3.8, 4) is 0 Å². The summed E-state index contributed by atoms with van der Waals surface area (Å²) in [6.45, 7) is 5.15. The minimum absolute atomic E-state index is 0.690. The molecule has 92 valence electrons. The molecule has 0 aliphatic heterocycles. The van der Waals surface area contributed by atoms with E-state index in [2.05, 4.69) is 35.0 Å². The first kappa shape index (κ1) is 12.1. The molecule has 1 aromatic heterocycles. The van der Waals surface area contributed by atoms with Crippen molar-refractivity contribution >= 4 is 10.9 Å². The number of aromatic nitrogens is 1. The highest BCUT2D eigenvalue weighted by molar-refractivity contribution is 5.83. The number of para-hydroxylation sites is 1. The Balaban J connectivity index is 2.28. The van der Waals surface area contributed by atoms with E-state index < -0.39 is 0 Å². The van der Waals surface area contributed by atoms with Crippen molar-refractivity contribution in [2.75, 3.05) is 19.8 Å². The van der Waals surface area contributed by atoms with Gasteiger partial charge in [-0.3, -0.25) is 0 Å². The lowest BCUT2D eigenvalue weighted by Gasteiger charge is -2.09. The van der Waals surface area contributed by atoms with Crippen LogP contribution in [0.3, 0.4) is 0 Å². The van der Waals surface area contributed by atoms with Crippen LogP contribution in [0.1, 0.15) is 12.5 Å². The molecule has 2 N–H and O–H groups in total. The summed E-state index contributed by atoms with van der Waals surface area (Å²) >= 11 is 0. The predicted octanol–water partition coefficient (Wildman–Crippen LogP) is 2.18. The summed E-state index contributed by atoms with van der Waals surface area (Å²) in [4.78, 5) is 0. The zero-order valence-corrected chi connectivity index (χ0v) is 10.4. The van der Waals surface area contributed by atoms with E-state index in [1.807, 2.05) is 6.92 Å². The molecule has 0 aliphatic carbocycles. The number of hydrogen-bond donors (Lipinski definition) is 1. The Morgan fingerprint density at radius 1 is 1.29 bits per heavy atom. The molecule has 17 heavy (non-hydrogen) atoms. The van der Waals surface area contributed by atoms with Gasteiger partial charge in [0.05, 0.1) is 12.1 Å². The van der Waals surface area contributed by atoms with Crippen LogP contribution in [0.4, 0.5) is 0 Å². The van der Waals surface area contributed by atoms with Crippen LogP contribution < -0.4 is 5.73 Å². The van der Waals surface area contributed by atoms with Crippen LogP contribution in [0.25, 0.3) is 10.9 Å². The van der Waals surface area contributed by atoms with Crippen molar-refractivity contribution in [3.63, 3.8) is 0 Å². The fourth-order valence-electron chi connectivity index (χ4n) is 2.19. The molecular formula is C14H20N2O. The van der Waals surface area contributed by atoms with E-state index >= 15 is 0 Å². The van der Waals surface area contributed by atoms with Crippen LogP contribution in [0.5, 0.6) is 0 Å². The standard InChI is InChI=1S/C14H20N2O/c1-2-17-11-10-16-9-7-13-5-3-4-12(6-8-15)14(13)16/h3-5,7,9H,2,6,8,10-11,15H2,1H3. The van der Waals surface area contributed by atoms with Gasteiger partial charge >= 0.3 is 0 Å². The first-order valence-electron chi connectivity index (χ1n) is 6.21. The van der Waals surface area contributed by atoms with Crippen molar-refractivity contribution in [2.24, 2.45) is 5.73 Å². The van der Waals surface area contributed by atoms with E-state index in [-0.39, 0.29) is 0 Å². The van der Waals surface area contributed by atoms with Gasteiger partial charge in [0.1, 0.15) is 0 Å². The van der Waals surface area contributed by atoms with E-state index in [4.69, 9.17) is 10.5 Å². The number of fused-ring (bicyclic) bond motifs is 1. The second kappa shape index (κ2) is 5.84. The fourth-order valence-corrected chi connectivity index (χ4v) is 2.19. The van der Waals surface area contributed by atoms with Crippen LogP contribution in [-0.4, -0.2) is 24.3 Å². The highest BCUT2D eigenvalue weighted by Crippen LogP contribution is 2.20. The Labute approximate surface area is 102 Å². The van der Waals surface area contributed by atoms with Crippen molar-refractivity contribution in [1.82, 2.24) is 4.57 Å². The Morgan fingerprint density at radius 2 is 2.18 bits per heavy atom. The minimum atomic E-state index is 0.690. The molecule has 3 nitrogen and oxygen atoms in total. The van der Waals surface area contributed by atoms with Crippen LogP contribution in [0.15, 0.2) is 30.5 Å². The van der Waals surface area contributed by atoms with Crippen LogP contribution in [0.2, 0.25) is 0 Å². The van der Waals surface area contributed by atoms with Gasteiger partial charge in [0.2, 0.25) is 0 Å². The van der Waals surface area contributed by atoms with E-state index in [1.165, 1.54) is 16.5 Å². The van der Waals surface area contributed by atoms with E-state index in [9.17, 15) is 0 Å². The molecule has 3 heteroatoms. The molecule has 0 spiro atoms. The SMILES string of the molecule is CCOCCn1ccc2cccc(CCN)c21. The maximum Gasteiger partial charge on any atom is 0.0645 e. The molecule has 0 amide bonds. The first-order chi connectivity index (χ1) is 8.36. The van der Waals surface area contributed by atoms with Crippen molar-refractivity contribution < 1.29 is 4.74 Å². The van der Waals surface area contributed by atoms with Crippen molar-refractivity contribution in [1.29, 1.82) is 0 Å². The highest BCUT2D eigenvalue weighted by atomic mass is 16.5. The average Bonchev–Trinajstić information content (AvgIpc) is 2.75. The Bertz CT molecular complexity index is 476. The van der Waals surface area contributed by atoms with Gasteiger partial charge in [-0.2, -0.15) is 0 Å². The molecule has 0 fully saturated rings. The predicted molar refractivity (Wildman–Crippen MR) is 71.2 cm³/mol. The maximum atomic E-state index is 5.66. The molecule has 0 atom stereocenters. The zero-order valence-electron chi connectivity index (χ0n) is 10.4. The lowest BCUT2D eigenvalue weighted by molar-refractivity contribution is 0.140. The molecule has 1 heterocycles. The number of ether oxygens (including phenoxy) is 1. The van der Waals surface area contributed by atoms with Gasteiger partial charge in [-0.1, -0.05) is 18.2 Å². The fraction of sp³-hybridized carbons (Fsp3) is 0.429. The summed E-state index contributed by atoms with van der Waals surface area (Å²) in [5.41, 5.74) is 8.29. The Hall–Kier alpha value is -1.32. The summed E-state index contributed by atoms with van der Waals surface area (Å²) in [5.74, 6) is 0. The molecule has 0 saturated carbocycles. The van der Waals surface area contributed by atoms with Gasteiger partial charge in [0.15, 0.2) is 0 Å². The number of rotatable bonds is 6. The quantitative estimate of drug-likeness (QED) is 0.775. The topological polar surface area (TPSA) is 40.2 Å². The van der Waals surface area contributed by atoms with Gasteiger partial charge in [-0.05, 0) is 36.9 Å². The summed E-state index contributed by atoms with van der Waals surface area (Å²) in [6.07, 6.45) is 3.06. The summed E-state index contributed by atoms with van der Waals surface area (Å²) in [6, 6.07) is 8.56. The third-order valence-corrected chi connectivity index (χ3v) is 2.97. The molecule has 0 saturated heterocycles. The summed E-state index contributed by atoms with van der Waals surface area (Å²) < 4.78 is 7.67. The second-order valence-electron chi connectivity index (χ2n) is 4.10. The molecule has 0 radical (unpaired) electrons. The molecule has 0 bridgehead atoms. The van der Waals surface area contributed by atoms with Crippen molar-refractivity contribution in [2.45, 2.75) is 19.9 Å². The molecular weight excluding hydrogens is 212 g/mol. The van der Waals surface area contributed by atoms with Crippen molar-refractivity contribution in [3.05, 3.63) is 36.0 Å². The monoisotopic (exact) mass is 232 g/mol. The van der Waals surface area contributed by atoms with Crippen LogP contribution in [0, 0.1) is 0 Å². The molecule has 0 aliphatic rings. The summed E-state index contributed by atoms with van der Waals surface area (Å²) in [5, 5.41) is 1.28. The Kier molecular flexibility index (Phi) is 4.18. The number of hydrogen-bond acceptors (Lipinski definition) is 2. The molecule has 0 unspecified atom stereocenters. The molecule has 1 aromatic carbocycles. The molecule has 2 rings (SSSR count). The van der Waals surface area contributed by atoms with Gasteiger partial charge in [-0.25, -0.2) is 0 Å². The third-order valence-electron chi connectivity index (χ3n) is 2.97. The third kappa shape index (κ3) is 2.68. The normalized spacial score (nSPS) is 11.2. The first-order valence-corrected chi connectivity index (χ1v) is 6.21. The van der Waals surface area contributed by atoms with Gasteiger partial charge in [0, 0.05) is 19.3 Å². The number of nitrogens with two attached hydrogens (primary N) is 1. The van der Waals surface area contributed by atoms with E-state index in [0.29, 0.717) is 6.54 Å².